The normalized spacial score (nSPS) is 11.8. The van der Waals surface area contributed by atoms with Gasteiger partial charge < -0.3 is 5.11 Å². The number of phenolic OH excluding ortho intramolecular Hbond substituents is 1. The average Bonchev–Trinajstić information content (AvgIpc) is 4.05. The number of nitrogens with zero attached hydrogens (tertiary/aromatic N) is 3. The van der Waals surface area contributed by atoms with E-state index in [-0.39, 0.29) is 26.8 Å². The van der Waals surface area contributed by atoms with Crippen LogP contribution in [0.1, 0.15) is 44.5 Å². The maximum Gasteiger partial charge on any atom is 0.163 e. The molecule has 2 heterocycles. The molecule has 0 amide bonds. The predicted octanol–water partition coefficient (Wildman–Crippen LogP) is 18.9. The van der Waals surface area contributed by atoms with E-state index in [0.29, 0.717) is 0 Å². The van der Waals surface area contributed by atoms with Crippen LogP contribution in [-0.4, -0.2) is 19.6 Å². The maximum absolute atomic E-state index is 11.5. The number of imidazole rings is 1. The Balaban J connectivity index is 0.00000623. The molecule has 0 atom stereocenters. The molecule has 1 aliphatic rings. The topological polar surface area (TPSA) is 50.9 Å². The molecule has 13 rings (SSSR count). The number of aryl methyl sites for hydroxylation is 8. The van der Waals surface area contributed by atoms with E-state index in [1.54, 1.807) is 6.07 Å². The van der Waals surface area contributed by atoms with E-state index in [0.717, 1.165) is 147 Å². The zero-order valence-electron chi connectivity index (χ0n) is 45.2. The van der Waals surface area contributed by atoms with Crippen LogP contribution in [0, 0.1) is 47.6 Å². The molecule has 1 aliphatic carbocycles. The van der Waals surface area contributed by atoms with Gasteiger partial charge in [0.05, 0.1) is 22.4 Å². The number of hydrogen-bond acceptors (Lipinski definition) is 3. The molecule has 1 N–H and O–H groups in total. The van der Waals surface area contributed by atoms with Crippen molar-refractivity contribution in [3.63, 3.8) is 0 Å². The molecule has 10 aromatic carbocycles. The first kappa shape index (κ1) is 51.1. The van der Waals surface area contributed by atoms with Gasteiger partial charge in [-0.3, -0.25) is 4.57 Å². The predicted molar refractivity (Wildman–Crippen MR) is 324 cm³/mol. The molecule has 12 aromatic rings. The summed E-state index contributed by atoms with van der Waals surface area (Å²) in [6.45, 7) is 13.1. The summed E-state index contributed by atoms with van der Waals surface area (Å²) >= 11 is 0. The first-order valence-corrected chi connectivity index (χ1v) is 27.1. The molecule has 2 aromatic heterocycles. The van der Waals surface area contributed by atoms with Gasteiger partial charge in [-0.25, -0.2) is 9.97 Å². The van der Waals surface area contributed by atoms with Gasteiger partial charge in [-0.1, -0.05) is 204 Å². The number of rotatable bonds is 9. The van der Waals surface area contributed by atoms with Crippen LogP contribution in [-0.2, 0) is 33.9 Å². The van der Waals surface area contributed by atoms with E-state index in [1.165, 1.54) is 27.8 Å². The smallest absolute Gasteiger partial charge is 0.163 e. The van der Waals surface area contributed by atoms with Gasteiger partial charge >= 0.3 is 0 Å². The molecule has 0 radical (unpaired) electrons. The molecule has 5 heteroatoms. The quantitative estimate of drug-likeness (QED) is 0.147. The van der Waals surface area contributed by atoms with Crippen LogP contribution in [0.4, 0.5) is 0 Å². The number of fused-ring (bicyclic) bond motifs is 4. The fourth-order valence-corrected chi connectivity index (χ4v) is 12.5. The van der Waals surface area contributed by atoms with Gasteiger partial charge in [0.1, 0.15) is 11.4 Å². The summed E-state index contributed by atoms with van der Waals surface area (Å²) in [6.07, 6.45) is 1.69. The second-order valence-electron chi connectivity index (χ2n) is 21.3. The summed E-state index contributed by atoms with van der Waals surface area (Å²) in [5.74, 6) is 0.967. The molecule has 0 bridgehead atoms. The van der Waals surface area contributed by atoms with Gasteiger partial charge in [0.2, 0.25) is 0 Å². The number of para-hydroxylation sites is 1. The Morgan fingerprint density at radius 3 is 1.52 bits per heavy atom. The molecule has 0 saturated carbocycles. The third-order valence-corrected chi connectivity index (χ3v) is 15.7. The van der Waals surface area contributed by atoms with Crippen molar-refractivity contribution in [2.75, 3.05) is 0 Å². The summed E-state index contributed by atoms with van der Waals surface area (Å²) in [5, 5.41) is 11.5. The summed E-state index contributed by atoms with van der Waals surface area (Å²) in [7, 11) is 0. The van der Waals surface area contributed by atoms with Gasteiger partial charge in [0, 0.05) is 26.6 Å². The Labute approximate surface area is 478 Å². The first-order valence-electron chi connectivity index (χ1n) is 27.1. The van der Waals surface area contributed by atoms with E-state index in [9.17, 15) is 5.11 Å². The molecule has 386 valence electrons. The van der Waals surface area contributed by atoms with Crippen LogP contribution in [0.25, 0.3) is 117 Å². The van der Waals surface area contributed by atoms with Gasteiger partial charge in [0.25, 0.3) is 0 Å². The van der Waals surface area contributed by atoms with Crippen molar-refractivity contribution in [2.45, 2.75) is 54.4 Å². The second kappa shape index (κ2) is 20.9. The summed E-state index contributed by atoms with van der Waals surface area (Å²) in [4.78, 5) is 11.5. The fourth-order valence-electron chi connectivity index (χ4n) is 12.5. The SMILES string of the molecule is Cc1cc(C)cc(-c2cccc(-c3ccccc3)c2-c2[c-]c(-c3c(-c4c(-c5ccccc5)cccc4-c4cc(C)cc(C)c4)ccc4c3nc(-c3ccc5c(n3)-c3c(O)cccc3CC5)n4-c3c(C)cccc3C)ccc2)c1.[Pt]. The molecule has 0 unspecified atom stereocenters. The van der Waals surface area contributed by atoms with E-state index in [4.69, 9.17) is 9.97 Å². The van der Waals surface area contributed by atoms with Crippen molar-refractivity contribution in [2.24, 2.45) is 0 Å². The van der Waals surface area contributed by atoms with Crippen LogP contribution in [0.5, 0.6) is 5.75 Å². The zero-order chi connectivity index (χ0) is 53.2. The maximum atomic E-state index is 11.5. The first-order chi connectivity index (χ1) is 38.1. The van der Waals surface area contributed by atoms with E-state index < -0.39 is 0 Å². The van der Waals surface area contributed by atoms with Crippen molar-refractivity contribution < 1.29 is 26.2 Å². The fraction of sp³-hybridized carbons (Fsp3) is 0.108. The van der Waals surface area contributed by atoms with E-state index >= 15 is 0 Å². The van der Waals surface area contributed by atoms with Crippen molar-refractivity contribution in [1.29, 1.82) is 0 Å². The van der Waals surface area contributed by atoms with Gasteiger partial charge in [-0.15, -0.1) is 35.4 Å². The molecular formula is C74H58N3OPt-. The van der Waals surface area contributed by atoms with Crippen LogP contribution < -0.4 is 0 Å². The summed E-state index contributed by atoms with van der Waals surface area (Å²) in [5.41, 5.74) is 29.8. The van der Waals surface area contributed by atoms with Crippen molar-refractivity contribution in [3.8, 4) is 112 Å². The monoisotopic (exact) mass is 1200 g/mol. The standard InChI is InChI=1S/C74H58N3O.Pt/c1-45-38-46(2)41-57(40-45)61-29-16-27-59(51-20-9-7-10-21-51)67(61)55-25-14-26-56(44-55)68-63(70-60(52-22-11-8-12-23-52)28-17-30-62(70)58-42-47(3)39-48(4)43-58)35-37-65-72(68)76-74(77(65)73-49(5)18-13-19-50(73)6)64-36-34-54-33-32-53-24-15-31-66(78)69(53)71(54)75-64;/h7-31,34-43,78H,32-33H2,1-6H3;/q-1;. The summed E-state index contributed by atoms with van der Waals surface area (Å²) < 4.78 is 2.33. The van der Waals surface area contributed by atoms with E-state index in [2.05, 4.69) is 252 Å². The third-order valence-electron chi connectivity index (χ3n) is 15.7. The largest absolute Gasteiger partial charge is 0.507 e. The minimum Gasteiger partial charge on any atom is -0.507 e. The minimum absolute atomic E-state index is 0. The Bertz CT molecular complexity index is 4280. The number of aromatic hydroxyl groups is 1. The van der Waals surface area contributed by atoms with Gasteiger partial charge in [-0.2, -0.15) is 0 Å². The van der Waals surface area contributed by atoms with Crippen molar-refractivity contribution in [1.82, 2.24) is 14.5 Å². The van der Waals surface area contributed by atoms with Crippen LogP contribution in [0.2, 0.25) is 0 Å². The van der Waals surface area contributed by atoms with Gasteiger partial charge in [0.15, 0.2) is 5.82 Å². The van der Waals surface area contributed by atoms with Crippen molar-refractivity contribution >= 4 is 11.0 Å². The molecular weight excluding hydrogens is 1140 g/mol. The molecule has 0 fully saturated rings. The van der Waals surface area contributed by atoms with Crippen LogP contribution in [0.3, 0.4) is 0 Å². The average molecular weight is 1200 g/mol. The molecule has 0 spiro atoms. The van der Waals surface area contributed by atoms with Crippen LogP contribution >= 0.6 is 0 Å². The summed E-state index contributed by atoms with van der Waals surface area (Å²) in [6, 6.07) is 80.7. The number of aromatic nitrogens is 3. The molecule has 0 aliphatic heterocycles. The Morgan fingerprint density at radius 1 is 0.405 bits per heavy atom. The second-order valence-corrected chi connectivity index (χ2v) is 21.3. The number of benzene rings is 10. The Morgan fingerprint density at radius 2 is 0.911 bits per heavy atom. The molecule has 79 heavy (non-hydrogen) atoms. The third kappa shape index (κ3) is 9.24. The number of hydrogen-bond donors (Lipinski definition) is 1. The Hall–Kier alpha value is -8.69. The van der Waals surface area contributed by atoms with Crippen LogP contribution in [0.15, 0.2) is 212 Å². The molecule has 0 saturated heterocycles. The number of phenols is 1. The number of pyridine rings is 1. The molecule has 4 nitrogen and oxygen atoms in total. The zero-order valence-corrected chi connectivity index (χ0v) is 47.5. The van der Waals surface area contributed by atoms with Crippen molar-refractivity contribution in [3.05, 3.63) is 263 Å². The van der Waals surface area contributed by atoms with E-state index in [1.807, 2.05) is 6.07 Å². The Kier molecular flexibility index (Phi) is 13.5. The minimum atomic E-state index is 0. The van der Waals surface area contributed by atoms with Gasteiger partial charge in [-0.05, 0) is 156 Å².